The summed E-state index contributed by atoms with van der Waals surface area (Å²) in [6, 6.07) is 5.50. The summed E-state index contributed by atoms with van der Waals surface area (Å²) in [4.78, 5) is 11.7. The normalized spacial score (nSPS) is 11.1. The highest BCUT2D eigenvalue weighted by molar-refractivity contribution is 8.00. The molecule has 0 fully saturated rings. The fraction of sp³-hybridized carbons (Fsp3) is 0.214. The van der Waals surface area contributed by atoms with Crippen LogP contribution in [0.25, 0.3) is 11.0 Å². The van der Waals surface area contributed by atoms with E-state index in [-0.39, 0.29) is 5.63 Å². The molecule has 0 saturated heterocycles. The number of hydrogen-bond acceptors (Lipinski definition) is 7. The molecule has 5 nitrogen and oxygen atoms in total. The predicted octanol–water partition coefficient (Wildman–Crippen LogP) is 3.14. The van der Waals surface area contributed by atoms with Crippen molar-refractivity contribution in [2.24, 2.45) is 0 Å². The van der Waals surface area contributed by atoms with Crippen molar-refractivity contribution in [2.75, 3.05) is 5.73 Å². The van der Waals surface area contributed by atoms with Gasteiger partial charge in [-0.3, -0.25) is 0 Å². The number of aryl methyl sites for hydroxylation is 2. The van der Waals surface area contributed by atoms with Gasteiger partial charge in [0.05, 0.1) is 0 Å². The molecule has 0 aliphatic carbocycles. The molecule has 2 aromatic heterocycles. The van der Waals surface area contributed by atoms with Gasteiger partial charge in [-0.1, -0.05) is 23.1 Å². The molecular weight excluding hydrogens is 306 g/mol. The second kappa shape index (κ2) is 5.50. The average molecular weight is 319 g/mol. The summed E-state index contributed by atoms with van der Waals surface area (Å²) < 4.78 is 6.07. The maximum atomic E-state index is 11.7. The summed E-state index contributed by atoms with van der Waals surface area (Å²) in [5.41, 5.74) is 9.06. The number of fused-ring (bicyclic) bond motifs is 1. The van der Waals surface area contributed by atoms with Crippen LogP contribution in [0.15, 0.2) is 31.8 Å². The van der Waals surface area contributed by atoms with Crippen molar-refractivity contribution >= 4 is 39.2 Å². The predicted molar refractivity (Wildman–Crippen MR) is 85.8 cm³/mol. The van der Waals surface area contributed by atoms with Gasteiger partial charge in [0.1, 0.15) is 5.58 Å². The first kappa shape index (κ1) is 14.1. The monoisotopic (exact) mass is 319 g/mol. The Bertz CT molecular complexity index is 870. The Morgan fingerprint density at radius 2 is 2.00 bits per heavy atom. The van der Waals surface area contributed by atoms with Gasteiger partial charge in [0.25, 0.3) is 0 Å². The Labute approximate surface area is 129 Å². The Hall–Kier alpha value is -1.86. The standard InChI is InChI=1S/C14H13N3O2S2/c1-7-3-10-9(6-20-14-17-16-13(15)21-14)5-12(18)19-11(10)4-8(7)2/h3-5H,6H2,1-2H3,(H2,15,16). The third-order valence-electron chi connectivity index (χ3n) is 3.22. The van der Waals surface area contributed by atoms with Gasteiger partial charge in [-0.25, -0.2) is 4.79 Å². The van der Waals surface area contributed by atoms with Crippen LogP contribution < -0.4 is 11.4 Å². The lowest BCUT2D eigenvalue weighted by Gasteiger charge is -2.07. The lowest BCUT2D eigenvalue weighted by molar-refractivity contribution is 0.559. The van der Waals surface area contributed by atoms with Gasteiger partial charge in [0, 0.05) is 17.2 Å². The van der Waals surface area contributed by atoms with Crippen LogP contribution in [-0.4, -0.2) is 10.2 Å². The summed E-state index contributed by atoms with van der Waals surface area (Å²) in [5.74, 6) is 0.624. The maximum Gasteiger partial charge on any atom is 0.336 e. The van der Waals surface area contributed by atoms with Crippen molar-refractivity contribution in [3.63, 3.8) is 0 Å². The first-order valence-electron chi connectivity index (χ1n) is 6.28. The van der Waals surface area contributed by atoms with Gasteiger partial charge < -0.3 is 10.2 Å². The number of anilines is 1. The van der Waals surface area contributed by atoms with Crippen LogP contribution in [0, 0.1) is 13.8 Å². The minimum absolute atomic E-state index is 0.335. The zero-order valence-corrected chi connectivity index (χ0v) is 13.2. The molecule has 108 valence electrons. The van der Waals surface area contributed by atoms with Crippen LogP contribution in [0.3, 0.4) is 0 Å². The molecular formula is C14H13N3O2S2. The number of thioether (sulfide) groups is 1. The van der Waals surface area contributed by atoms with Crippen molar-refractivity contribution in [1.29, 1.82) is 0 Å². The zero-order chi connectivity index (χ0) is 15.0. The van der Waals surface area contributed by atoms with Crippen molar-refractivity contribution in [3.8, 4) is 0 Å². The largest absolute Gasteiger partial charge is 0.423 e. The van der Waals surface area contributed by atoms with E-state index in [1.54, 1.807) is 0 Å². The Balaban J connectivity index is 2.00. The summed E-state index contributed by atoms with van der Waals surface area (Å²) in [6.45, 7) is 4.04. The Morgan fingerprint density at radius 1 is 1.24 bits per heavy atom. The molecule has 7 heteroatoms. The van der Waals surface area contributed by atoms with Gasteiger partial charge in [-0.15, -0.1) is 10.2 Å². The van der Waals surface area contributed by atoms with Gasteiger partial charge in [0.15, 0.2) is 4.34 Å². The van der Waals surface area contributed by atoms with E-state index in [4.69, 9.17) is 10.2 Å². The molecule has 0 bridgehead atoms. The highest BCUT2D eigenvalue weighted by Gasteiger charge is 2.10. The molecule has 0 aliphatic heterocycles. The molecule has 0 spiro atoms. The Kier molecular flexibility index (Phi) is 3.69. The van der Waals surface area contributed by atoms with E-state index < -0.39 is 0 Å². The first-order chi connectivity index (χ1) is 10.0. The highest BCUT2D eigenvalue weighted by Crippen LogP contribution is 2.30. The summed E-state index contributed by atoms with van der Waals surface area (Å²) in [6.07, 6.45) is 0. The molecule has 21 heavy (non-hydrogen) atoms. The maximum absolute atomic E-state index is 11.7. The van der Waals surface area contributed by atoms with E-state index in [0.717, 1.165) is 20.9 Å². The third-order valence-corrected chi connectivity index (χ3v) is 5.15. The van der Waals surface area contributed by atoms with Crippen LogP contribution in [0.4, 0.5) is 5.13 Å². The number of nitrogens with zero attached hydrogens (tertiary/aromatic N) is 2. The molecule has 0 saturated carbocycles. The lowest BCUT2D eigenvalue weighted by Crippen LogP contribution is -2.00. The van der Waals surface area contributed by atoms with Gasteiger partial charge >= 0.3 is 5.63 Å². The molecule has 3 aromatic rings. The van der Waals surface area contributed by atoms with Gasteiger partial charge in [0.2, 0.25) is 5.13 Å². The molecule has 0 unspecified atom stereocenters. The van der Waals surface area contributed by atoms with E-state index in [2.05, 4.69) is 16.3 Å². The van der Waals surface area contributed by atoms with Crippen molar-refractivity contribution in [3.05, 3.63) is 45.3 Å². The fourth-order valence-corrected chi connectivity index (χ4v) is 3.65. The number of hydrogen-bond donors (Lipinski definition) is 1. The minimum atomic E-state index is -0.335. The molecule has 0 atom stereocenters. The van der Waals surface area contributed by atoms with Crippen LogP contribution in [0.5, 0.6) is 0 Å². The first-order valence-corrected chi connectivity index (χ1v) is 8.09. The molecule has 3 rings (SSSR count). The Morgan fingerprint density at radius 3 is 2.71 bits per heavy atom. The van der Waals surface area contributed by atoms with Crippen LogP contribution >= 0.6 is 23.1 Å². The van der Waals surface area contributed by atoms with Crippen molar-refractivity contribution < 1.29 is 4.42 Å². The summed E-state index contributed by atoms with van der Waals surface area (Å²) >= 11 is 2.85. The van der Waals surface area contributed by atoms with E-state index in [0.29, 0.717) is 16.5 Å². The molecule has 0 radical (unpaired) electrons. The second-order valence-electron chi connectivity index (χ2n) is 4.72. The lowest BCUT2D eigenvalue weighted by atomic mass is 10.0. The highest BCUT2D eigenvalue weighted by atomic mass is 32.2. The molecule has 0 amide bonds. The van der Waals surface area contributed by atoms with Crippen LogP contribution in [-0.2, 0) is 5.75 Å². The van der Waals surface area contributed by atoms with Crippen molar-refractivity contribution in [2.45, 2.75) is 23.9 Å². The molecule has 2 heterocycles. The van der Waals surface area contributed by atoms with Crippen LogP contribution in [0.2, 0.25) is 0 Å². The van der Waals surface area contributed by atoms with E-state index in [1.165, 1.54) is 34.7 Å². The minimum Gasteiger partial charge on any atom is -0.423 e. The van der Waals surface area contributed by atoms with Crippen molar-refractivity contribution in [1.82, 2.24) is 10.2 Å². The molecule has 0 aliphatic rings. The second-order valence-corrected chi connectivity index (χ2v) is 6.95. The zero-order valence-electron chi connectivity index (χ0n) is 11.5. The number of rotatable bonds is 3. The van der Waals surface area contributed by atoms with E-state index in [9.17, 15) is 4.79 Å². The fourth-order valence-electron chi connectivity index (χ4n) is 2.02. The topological polar surface area (TPSA) is 82.0 Å². The van der Waals surface area contributed by atoms with E-state index >= 15 is 0 Å². The third kappa shape index (κ3) is 2.93. The van der Waals surface area contributed by atoms with E-state index in [1.807, 2.05) is 19.9 Å². The summed E-state index contributed by atoms with van der Waals surface area (Å²) in [7, 11) is 0. The average Bonchev–Trinajstić information content (AvgIpc) is 2.84. The quantitative estimate of drug-likeness (QED) is 0.590. The van der Waals surface area contributed by atoms with Gasteiger partial charge in [-0.2, -0.15) is 0 Å². The number of benzene rings is 1. The summed E-state index contributed by atoms with van der Waals surface area (Å²) in [5, 5.41) is 9.16. The SMILES string of the molecule is Cc1cc2oc(=O)cc(CSc3nnc(N)s3)c2cc1C. The number of nitrogen functional groups attached to an aromatic ring is 1. The smallest absolute Gasteiger partial charge is 0.336 e. The van der Waals surface area contributed by atoms with Crippen LogP contribution in [0.1, 0.15) is 16.7 Å². The number of aromatic nitrogens is 2. The molecule has 1 aromatic carbocycles. The molecule has 2 N–H and O–H groups in total. The number of nitrogens with two attached hydrogens (primary N) is 1. The van der Waals surface area contributed by atoms with Gasteiger partial charge in [-0.05, 0) is 42.7 Å².